The monoisotopic (exact) mass is 373 g/mol. The third kappa shape index (κ3) is 5.68. The van der Waals surface area contributed by atoms with Gasteiger partial charge in [0.1, 0.15) is 0 Å². The lowest BCUT2D eigenvalue weighted by atomic mass is 10.1. The average Bonchev–Trinajstić information content (AvgIpc) is 3.15. The van der Waals surface area contributed by atoms with Gasteiger partial charge in [-0.1, -0.05) is 13.0 Å². The van der Waals surface area contributed by atoms with Gasteiger partial charge in [0.05, 0.1) is 6.54 Å². The van der Waals surface area contributed by atoms with E-state index in [1.54, 1.807) is 40.5 Å². The molecule has 2 aromatic rings. The quantitative estimate of drug-likeness (QED) is 0.729. The van der Waals surface area contributed by atoms with Crippen LogP contribution in [0.15, 0.2) is 41.8 Å². The molecule has 0 atom stereocenters. The lowest BCUT2D eigenvalue weighted by molar-refractivity contribution is -0.117. The molecule has 0 aliphatic rings. The highest BCUT2D eigenvalue weighted by Gasteiger charge is 2.13. The molecule has 0 bridgehead atoms. The van der Waals surface area contributed by atoms with Gasteiger partial charge in [-0.05, 0) is 56.1 Å². The van der Waals surface area contributed by atoms with Crippen LogP contribution in [0.1, 0.15) is 36.0 Å². The molecule has 0 radical (unpaired) electrons. The molecule has 1 aromatic carbocycles. The van der Waals surface area contributed by atoms with Gasteiger partial charge in [0.15, 0.2) is 0 Å². The minimum atomic E-state index is -0.0498. The summed E-state index contributed by atoms with van der Waals surface area (Å²) in [6, 6.07) is 11.2. The van der Waals surface area contributed by atoms with Crippen LogP contribution in [0, 0.1) is 0 Å². The highest BCUT2D eigenvalue weighted by atomic mass is 32.1. The molecule has 1 aromatic heterocycles. The van der Waals surface area contributed by atoms with E-state index in [-0.39, 0.29) is 11.8 Å². The minimum Gasteiger partial charge on any atom is -0.339 e. The Balaban J connectivity index is 1.91. The van der Waals surface area contributed by atoms with Crippen molar-refractivity contribution in [2.45, 2.75) is 27.3 Å². The number of carbonyl (C=O) groups excluding carboxylic acids is 2. The lowest BCUT2D eigenvalue weighted by Crippen LogP contribution is -2.32. The van der Waals surface area contributed by atoms with E-state index in [2.05, 4.69) is 23.2 Å². The maximum atomic E-state index is 12.3. The SMILES string of the molecule is CCN(CC(=O)Nc1ccc(C(=O)N(CC)CC)cc1)Cc1cccs1. The number of carbonyl (C=O) groups is 2. The van der Waals surface area contributed by atoms with Crippen LogP contribution in [0.3, 0.4) is 0 Å². The van der Waals surface area contributed by atoms with E-state index in [0.717, 1.165) is 13.1 Å². The van der Waals surface area contributed by atoms with Gasteiger partial charge in [0, 0.05) is 35.8 Å². The van der Waals surface area contributed by atoms with Gasteiger partial charge in [-0.15, -0.1) is 11.3 Å². The molecule has 6 heteroatoms. The molecule has 5 nitrogen and oxygen atoms in total. The summed E-state index contributed by atoms with van der Waals surface area (Å²) >= 11 is 1.70. The van der Waals surface area contributed by atoms with Crippen molar-refractivity contribution in [1.29, 1.82) is 0 Å². The Morgan fingerprint density at radius 3 is 2.23 bits per heavy atom. The van der Waals surface area contributed by atoms with Crippen molar-refractivity contribution in [1.82, 2.24) is 9.80 Å². The predicted octanol–water partition coefficient (Wildman–Crippen LogP) is 3.69. The number of rotatable bonds is 9. The Morgan fingerprint density at radius 2 is 1.69 bits per heavy atom. The number of likely N-dealkylation sites (N-methyl/N-ethyl adjacent to an activating group) is 1. The van der Waals surface area contributed by atoms with Crippen molar-refractivity contribution in [2.24, 2.45) is 0 Å². The largest absolute Gasteiger partial charge is 0.339 e. The Kier molecular flexibility index (Phi) is 7.81. The number of anilines is 1. The highest BCUT2D eigenvalue weighted by molar-refractivity contribution is 7.09. The zero-order chi connectivity index (χ0) is 18.9. The fourth-order valence-electron chi connectivity index (χ4n) is 2.70. The van der Waals surface area contributed by atoms with Crippen molar-refractivity contribution >= 4 is 28.8 Å². The summed E-state index contributed by atoms with van der Waals surface area (Å²) in [6.07, 6.45) is 0. The van der Waals surface area contributed by atoms with E-state index < -0.39 is 0 Å². The number of amides is 2. The van der Waals surface area contributed by atoms with E-state index in [1.165, 1.54) is 4.88 Å². The summed E-state index contributed by atoms with van der Waals surface area (Å²) in [5.74, 6) is -0.0350. The third-order valence-electron chi connectivity index (χ3n) is 4.24. The summed E-state index contributed by atoms with van der Waals surface area (Å²) in [5, 5.41) is 4.95. The van der Waals surface area contributed by atoms with Gasteiger partial charge in [-0.3, -0.25) is 14.5 Å². The molecule has 0 unspecified atom stereocenters. The fraction of sp³-hybridized carbons (Fsp3) is 0.400. The molecule has 2 rings (SSSR count). The first kappa shape index (κ1) is 20.1. The molecular formula is C20H27N3O2S. The van der Waals surface area contributed by atoms with Crippen molar-refractivity contribution in [2.75, 3.05) is 31.5 Å². The molecule has 0 spiro atoms. The molecule has 0 aliphatic carbocycles. The Bertz CT molecular complexity index is 694. The van der Waals surface area contributed by atoms with Crippen LogP contribution >= 0.6 is 11.3 Å². The van der Waals surface area contributed by atoms with Crippen molar-refractivity contribution < 1.29 is 9.59 Å². The van der Waals surface area contributed by atoms with Gasteiger partial charge in [0.2, 0.25) is 5.91 Å². The minimum absolute atomic E-state index is 0.0148. The number of nitrogens with one attached hydrogen (secondary N) is 1. The van der Waals surface area contributed by atoms with Gasteiger partial charge in [-0.25, -0.2) is 0 Å². The molecule has 0 saturated heterocycles. The van der Waals surface area contributed by atoms with Crippen LogP contribution in [0.4, 0.5) is 5.69 Å². The molecule has 0 saturated carbocycles. The summed E-state index contributed by atoms with van der Waals surface area (Å²) in [4.78, 5) is 29.7. The maximum Gasteiger partial charge on any atom is 0.253 e. The van der Waals surface area contributed by atoms with Crippen LogP contribution in [-0.4, -0.2) is 47.8 Å². The van der Waals surface area contributed by atoms with Gasteiger partial charge < -0.3 is 10.2 Å². The third-order valence-corrected chi connectivity index (χ3v) is 5.10. The normalized spacial score (nSPS) is 10.8. The average molecular weight is 374 g/mol. The van der Waals surface area contributed by atoms with Gasteiger partial charge >= 0.3 is 0 Å². The Hall–Kier alpha value is -2.18. The van der Waals surface area contributed by atoms with Crippen LogP contribution in [-0.2, 0) is 11.3 Å². The molecule has 1 heterocycles. The van der Waals surface area contributed by atoms with E-state index in [9.17, 15) is 9.59 Å². The smallest absolute Gasteiger partial charge is 0.253 e. The second-order valence-electron chi connectivity index (χ2n) is 5.99. The fourth-order valence-corrected chi connectivity index (χ4v) is 3.44. The van der Waals surface area contributed by atoms with Crippen molar-refractivity contribution in [3.05, 3.63) is 52.2 Å². The van der Waals surface area contributed by atoms with E-state index >= 15 is 0 Å². The lowest BCUT2D eigenvalue weighted by Gasteiger charge is -2.20. The number of hydrogen-bond acceptors (Lipinski definition) is 4. The summed E-state index contributed by atoms with van der Waals surface area (Å²) in [6.45, 7) is 9.28. The zero-order valence-electron chi connectivity index (χ0n) is 15.7. The number of hydrogen-bond donors (Lipinski definition) is 1. The Morgan fingerprint density at radius 1 is 1.00 bits per heavy atom. The first-order valence-corrected chi connectivity index (χ1v) is 9.89. The second-order valence-corrected chi connectivity index (χ2v) is 7.02. The molecule has 1 N–H and O–H groups in total. The summed E-state index contributed by atoms with van der Waals surface area (Å²) in [5.41, 5.74) is 1.35. The van der Waals surface area contributed by atoms with Gasteiger partial charge in [0.25, 0.3) is 5.91 Å². The summed E-state index contributed by atoms with van der Waals surface area (Å²) in [7, 11) is 0. The van der Waals surface area contributed by atoms with Crippen LogP contribution in [0.5, 0.6) is 0 Å². The van der Waals surface area contributed by atoms with Crippen molar-refractivity contribution in [3.8, 4) is 0 Å². The first-order chi connectivity index (χ1) is 12.6. The second kappa shape index (κ2) is 10.1. The molecule has 2 amide bonds. The number of benzene rings is 1. The standard InChI is InChI=1S/C20H27N3O2S/c1-4-22(14-18-8-7-13-26-18)15-19(24)21-17-11-9-16(10-12-17)20(25)23(5-2)6-3/h7-13H,4-6,14-15H2,1-3H3,(H,21,24). The number of nitrogens with zero attached hydrogens (tertiary/aromatic N) is 2. The van der Waals surface area contributed by atoms with Crippen LogP contribution < -0.4 is 5.32 Å². The Labute approximate surface area is 159 Å². The topological polar surface area (TPSA) is 52.7 Å². The molecule has 0 fully saturated rings. The van der Waals surface area contributed by atoms with Crippen LogP contribution in [0.25, 0.3) is 0 Å². The molecule has 140 valence electrons. The molecule has 0 aliphatic heterocycles. The van der Waals surface area contributed by atoms with E-state index in [0.29, 0.717) is 30.9 Å². The van der Waals surface area contributed by atoms with Crippen molar-refractivity contribution in [3.63, 3.8) is 0 Å². The highest BCUT2D eigenvalue weighted by Crippen LogP contribution is 2.14. The maximum absolute atomic E-state index is 12.3. The molecule has 26 heavy (non-hydrogen) atoms. The first-order valence-electron chi connectivity index (χ1n) is 9.01. The molecular weight excluding hydrogens is 346 g/mol. The predicted molar refractivity (Wildman–Crippen MR) is 108 cm³/mol. The zero-order valence-corrected chi connectivity index (χ0v) is 16.5. The number of thiophene rings is 1. The van der Waals surface area contributed by atoms with E-state index in [4.69, 9.17) is 0 Å². The van der Waals surface area contributed by atoms with E-state index in [1.807, 2.05) is 25.3 Å². The van der Waals surface area contributed by atoms with Gasteiger partial charge in [-0.2, -0.15) is 0 Å². The summed E-state index contributed by atoms with van der Waals surface area (Å²) < 4.78 is 0. The van der Waals surface area contributed by atoms with Crippen LogP contribution in [0.2, 0.25) is 0 Å².